The lowest BCUT2D eigenvalue weighted by Crippen LogP contribution is -2.22. The second-order valence-corrected chi connectivity index (χ2v) is 5.59. The molecule has 0 unspecified atom stereocenters. The standard InChI is InChI=1S/C21H21N3O2.HI/c1-25-20-13-6-5-12-19(20)24-21(22)23-15-16-8-7-11-18(14-16)26-17-9-3-2-4-10-17;/h2-14H,15H2,1H3,(H3,22,23,24);1H. The quantitative estimate of drug-likeness (QED) is 0.298. The highest BCUT2D eigenvalue weighted by Crippen LogP contribution is 2.23. The Balaban J connectivity index is 0.00000261. The molecule has 0 saturated carbocycles. The van der Waals surface area contributed by atoms with E-state index < -0.39 is 0 Å². The number of methoxy groups -OCH3 is 1. The third-order valence-corrected chi connectivity index (χ3v) is 3.68. The van der Waals surface area contributed by atoms with E-state index in [2.05, 4.69) is 10.3 Å². The Morgan fingerprint density at radius 2 is 1.63 bits per heavy atom. The molecule has 0 aliphatic rings. The van der Waals surface area contributed by atoms with Gasteiger partial charge in [0.05, 0.1) is 19.3 Å². The first-order valence-electron chi connectivity index (χ1n) is 8.26. The summed E-state index contributed by atoms with van der Waals surface area (Å²) in [7, 11) is 1.62. The highest BCUT2D eigenvalue weighted by Gasteiger charge is 2.03. The van der Waals surface area contributed by atoms with Gasteiger partial charge in [0.2, 0.25) is 0 Å². The van der Waals surface area contributed by atoms with Gasteiger partial charge < -0.3 is 20.5 Å². The van der Waals surface area contributed by atoms with Crippen molar-refractivity contribution in [2.45, 2.75) is 6.54 Å². The number of halogens is 1. The van der Waals surface area contributed by atoms with E-state index in [1.54, 1.807) is 7.11 Å². The number of anilines is 1. The lowest BCUT2D eigenvalue weighted by atomic mass is 10.2. The normalized spacial score (nSPS) is 10.6. The fourth-order valence-electron chi connectivity index (χ4n) is 2.43. The predicted molar refractivity (Wildman–Crippen MR) is 120 cm³/mol. The van der Waals surface area contributed by atoms with E-state index in [0.717, 1.165) is 22.7 Å². The van der Waals surface area contributed by atoms with Crippen LogP contribution in [0, 0.1) is 0 Å². The molecule has 3 rings (SSSR count). The van der Waals surface area contributed by atoms with Crippen LogP contribution in [-0.2, 0) is 6.54 Å². The largest absolute Gasteiger partial charge is 0.495 e. The zero-order valence-corrected chi connectivity index (χ0v) is 17.3. The van der Waals surface area contributed by atoms with Crippen LogP contribution in [0.25, 0.3) is 0 Å². The number of benzene rings is 3. The van der Waals surface area contributed by atoms with Crippen LogP contribution in [0.3, 0.4) is 0 Å². The number of nitrogens with one attached hydrogen (secondary N) is 1. The summed E-state index contributed by atoms with van der Waals surface area (Å²) in [5.74, 6) is 2.60. The first-order chi connectivity index (χ1) is 12.7. The molecule has 27 heavy (non-hydrogen) atoms. The van der Waals surface area contributed by atoms with Crippen LogP contribution in [0.2, 0.25) is 0 Å². The van der Waals surface area contributed by atoms with Crippen LogP contribution in [0.4, 0.5) is 5.69 Å². The molecule has 0 heterocycles. The van der Waals surface area contributed by atoms with Gasteiger partial charge in [0.1, 0.15) is 17.2 Å². The fraction of sp³-hybridized carbons (Fsp3) is 0.0952. The predicted octanol–water partition coefficient (Wildman–Crippen LogP) is 5.03. The lowest BCUT2D eigenvalue weighted by molar-refractivity contribution is 0.417. The van der Waals surface area contributed by atoms with Crippen molar-refractivity contribution in [3.05, 3.63) is 84.4 Å². The molecule has 0 aliphatic carbocycles. The lowest BCUT2D eigenvalue weighted by Gasteiger charge is -2.10. The van der Waals surface area contributed by atoms with Crippen LogP contribution in [0.5, 0.6) is 17.2 Å². The summed E-state index contributed by atoms with van der Waals surface area (Å²) in [5, 5.41) is 3.06. The summed E-state index contributed by atoms with van der Waals surface area (Å²) in [6.45, 7) is 0.444. The molecular weight excluding hydrogens is 453 g/mol. The first kappa shape index (κ1) is 20.6. The average Bonchev–Trinajstić information content (AvgIpc) is 2.68. The molecule has 0 radical (unpaired) electrons. The highest BCUT2D eigenvalue weighted by molar-refractivity contribution is 14.0. The van der Waals surface area contributed by atoms with Gasteiger partial charge in [-0.15, -0.1) is 24.0 Å². The highest BCUT2D eigenvalue weighted by atomic mass is 127. The van der Waals surface area contributed by atoms with E-state index in [1.165, 1.54) is 0 Å². The summed E-state index contributed by atoms with van der Waals surface area (Å²) >= 11 is 0. The molecule has 0 fully saturated rings. The maximum Gasteiger partial charge on any atom is 0.193 e. The number of para-hydroxylation sites is 3. The van der Waals surface area contributed by atoms with Crippen molar-refractivity contribution in [3.8, 4) is 17.2 Å². The minimum atomic E-state index is 0. The summed E-state index contributed by atoms with van der Waals surface area (Å²) in [6, 6.07) is 25.0. The van der Waals surface area contributed by atoms with Gasteiger partial charge in [-0.25, -0.2) is 4.99 Å². The van der Waals surface area contributed by atoms with Crippen LogP contribution < -0.4 is 20.5 Å². The Bertz CT molecular complexity index is 885. The average molecular weight is 475 g/mol. The van der Waals surface area contributed by atoms with Gasteiger partial charge in [0.25, 0.3) is 0 Å². The summed E-state index contributed by atoms with van der Waals surface area (Å²) < 4.78 is 11.1. The fourth-order valence-corrected chi connectivity index (χ4v) is 2.43. The number of ether oxygens (including phenoxy) is 2. The topological polar surface area (TPSA) is 68.9 Å². The molecule has 140 valence electrons. The van der Waals surface area contributed by atoms with E-state index in [4.69, 9.17) is 15.2 Å². The number of nitrogens with two attached hydrogens (primary N) is 1. The van der Waals surface area contributed by atoms with Crippen molar-refractivity contribution >= 4 is 35.6 Å². The number of hydrogen-bond donors (Lipinski definition) is 2. The zero-order chi connectivity index (χ0) is 18.2. The molecule has 3 aromatic rings. The van der Waals surface area contributed by atoms with Gasteiger partial charge >= 0.3 is 0 Å². The van der Waals surface area contributed by atoms with E-state index in [9.17, 15) is 0 Å². The van der Waals surface area contributed by atoms with Crippen LogP contribution in [0.15, 0.2) is 83.9 Å². The molecule has 0 aromatic heterocycles. The van der Waals surface area contributed by atoms with Crippen LogP contribution in [0.1, 0.15) is 5.56 Å². The molecule has 5 nitrogen and oxygen atoms in total. The van der Waals surface area contributed by atoms with Gasteiger partial charge in [-0.3, -0.25) is 0 Å². The van der Waals surface area contributed by atoms with E-state index in [1.807, 2.05) is 78.9 Å². The van der Waals surface area contributed by atoms with Crippen molar-refractivity contribution in [3.63, 3.8) is 0 Å². The maximum absolute atomic E-state index is 5.99. The summed E-state index contributed by atoms with van der Waals surface area (Å²) in [5.41, 5.74) is 7.77. The number of guanidine groups is 1. The Morgan fingerprint density at radius 3 is 2.41 bits per heavy atom. The van der Waals surface area contributed by atoms with Crippen molar-refractivity contribution in [1.82, 2.24) is 0 Å². The van der Waals surface area contributed by atoms with E-state index >= 15 is 0 Å². The number of hydrogen-bond acceptors (Lipinski definition) is 3. The molecule has 3 aromatic carbocycles. The number of aliphatic imine (C=N–C) groups is 1. The van der Waals surface area contributed by atoms with Gasteiger partial charge in [-0.2, -0.15) is 0 Å². The summed E-state index contributed by atoms with van der Waals surface area (Å²) in [4.78, 5) is 4.39. The Morgan fingerprint density at radius 1 is 0.926 bits per heavy atom. The Hall–Kier alpha value is -2.74. The SMILES string of the molecule is COc1ccccc1NC(N)=NCc1cccc(Oc2ccccc2)c1.I. The van der Waals surface area contributed by atoms with Crippen LogP contribution in [-0.4, -0.2) is 13.1 Å². The van der Waals surface area contributed by atoms with E-state index in [0.29, 0.717) is 18.3 Å². The maximum atomic E-state index is 5.99. The molecule has 0 bridgehead atoms. The molecule has 0 amide bonds. The first-order valence-corrected chi connectivity index (χ1v) is 8.26. The van der Waals surface area contributed by atoms with Crippen molar-refractivity contribution in [2.75, 3.05) is 12.4 Å². The molecule has 3 N–H and O–H groups in total. The number of rotatable bonds is 6. The third-order valence-electron chi connectivity index (χ3n) is 3.68. The van der Waals surface area contributed by atoms with Crippen LogP contribution >= 0.6 is 24.0 Å². The number of nitrogens with zero attached hydrogens (tertiary/aromatic N) is 1. The van der Waals surface area contributed by atoms with Gasteiger partial charge in [0, 0.05) is 0 Å². The molecule has 0 spiro atoms. The van der Waals surface area contributed by atoms with Gasteiger partial charge in [-0.05, 0) is 42.0 Å². The molecule has 0 atom stereocenters. The second-order valence-electron chi connectivity index (χ2n) is 5.59. The Kier molecular flexibility index (Phi) is 7.94. The van der Waals surface area contributed by atoms with Crippen molar-refractivity contribution < 1.29 is 9.47 Å². The van der Waals surface area contributed by atoms with Crippen molar-refractivity contribution in [1.29, 1.82) is 0 Å². The third kappa shape index (κ3) is 6.18. The molecule has 0 aliphatic heterocycles. The minimum Gasteiger partial charge on any atom is -0.495 e. The van der Waals surface area contributed by atoms with Gasteiger partial charge in [-0.1, -0.05) is 42.5 Å². The van der Waals surface area contributed by atoms with Crippen molar-refractivity contribution in [2.24, 2.45) is 10.7 Å². The second kappa shape index (κ2) is 10.4. The molecular formula is C21H22IN3O2. The minimum absolute atomic E-state index is 0. The zero-order valence-electron chi connectivity index (χ0n) is 15.0. The summed E-state index contributed by atoms with van der Waals surface area (Å²) in [6.07, 6.45) is 0. The smallest absolute Gasteiger partial charge is 0.193 e. The monoisotopic (exact) mass is 475 g/mol. The van der Waals surface area contributed by atoms with Gasteiger partial charge in [0.15, 0.2) is 5.96 Å². The Labute approximate surface area is 176 Å². The van der Waals surface area contributed by atoms with E-state index in [-0.39, 0.29) is 24.0 Å². The molecule has 6 heteroatoms. The molecule has 0 saturated heterocycles.